The summed E-state index contributed by atoms with van der Waals surface area (Å²) in [6.07, 6.45) is 3.95. The van der Waals surface area contributed by atoms with Crippen LogP contribution in [0.25, 0.3) is 10.8 Å². The first-order valence-corrected chi connectivity index (χ1v) is 7.48. The largest absolute Gasteiger partial charge is 0.382 e. The highest BCUT2D eigenvalue weighted by Crippen LogP contribution is 2.32. The van der Waals surface area contributed by atoms with Gasteiger partial charge in [0.2, 0.25) is 0 Å². The van der Waals surface area contributed by atoms with Crippen LogP contribution >= 0.6 is 0 Å². The van der Waals surface area contributed by atoms with Crippen LogP contribution in [0.1, 0.15) is 33.1 Å². The second-order valence-corrected chi connectivity index (χ2v) is 6.14. The van der Waals surface area contributed by atoms with Crippen molar-refractivity contribution in [2.45, 2.75) is 39.2 Å². The van der Waals surface area contributed by atoms with Gasteiger partial charge in [-0.3, -0.25) is 0 Å². The predicted molar refractivity (Wildman–Crippen MR) is 83.5 cm³/mol. The van der Waals surface area contributed by atoms with E-state index in [1.54, 1.807) is 0 Å². The van der Waals surface area contributed by atoms with E-state index >= 15 is 0 Å². The molecule has 3 unspecified atom stereocenters. The summed E-state index contributed by atoms with van der Waals surface area (Å²) in [6, 6.07) is 15.8. The molecule has 0 bridgehead atoms. The molecule has 1 fully saturated rings. The molecule has 100 valence electrons. The van der Waals surface area contributed by atoms with Crippen molar-refractivity contribution in [3.05, 3.63) is 42.5 Å². The van der Waals surface area contributed by atoms with E-state index in [4.69, 9.17) is 0 Å². The lowest BCUT2D eigenvalue weighted by Gasteiger charge is -2.33. The molecule has 2 aromatic carbocycles. The minimum absolute atomic E-state index is 0.636. The molecule has 0 amide bonds. The fourth-order valence-corrected chi connectivity index (χ4v) is 3.25. The Labute approximate surface area is 116 Å². The SMILES string of the molecule is CC1CCC(Nc2cccc3ccccc23)CC1C. The molecule has 0 spiro atoms. The minimum Gasteiger partial charge on any atom is -0.382 e. The van der Waals surface area contributed by atoms with Crippen molar-refractivity contribution in [2.24, 2.45) is 11.8 Å². The second kappa shape index (κ2) is 5.24. The normalized spacial score (nSPS) is 27.4. The number of nitrogens with one attached hydrogen (secondary N) is 1. The third-order valence-corrected chi connectivity index (χ3v) is 4.75. The van der Waals surface area contributed by atoms with E-state index in [2.05, 4.69) is 61.6 Å². The van der Waals surface area contributed by atoms with E-state index in [1.165, 1.54) is 35.7 Å². The van der Waals surface area contributed by atoms with Crippen LogP contribution in [0.3, 0.4) is 0 Å². The molecule has 3 rings (SSSR count). The summed E-state index contributed by atoms with van der Waals surface area (Å²) in [5.74, 6) is 1.71. The molecular weight excluding hydrogens is 230 g/mol. The Morgan fingerprint density at radius 3 is 2.53 bits per heavy atom. The molecule has 0 aromatic heterocycles. The highest BCUT2D eigenvalue weighted by molar-refractivity contribution is 5.93. The zero-order chi connectivity index (χ0) is 13.2. The average Bonchev–Trinajstić information content (AvgIpc) is 2.43. The van der Waals surface area contributed by atoms with Crippen molar-refractivity contribution in [1.29, 1.82) is 0 Å². The Morgan fingerprint density at radius 2 is 1.68 bits per heavy atom. The van der Waals surface area contributed by atoms with Gasteiger partial charge in [-0.15, -0.1) is 0 Å². The fourth-order valence-electron chi connectivity index (χ4n) is 3.25. The van der Waals surface area contributed by atoms with Gasteiger partial charge in [0, 0.05) is 17.1 Å². The molecule has 1 N–H and O–H groups in total. The summed E-state index contributed by atoms with van der Waals surface area (Å²) in [7, 11) is 0. The minimum atomic E-state index is 0.636. The van der Waals surface area contributed by atoms with Crippen LogP contribution in [0.15, 0.2) is 42.5 Å². The van der Waals surface area contributed by atoms with E-state index in [-0.39, 0.29) is 0 Å². The predicted octanol–water partition coefficient (Wildman–Crippen LogP) is 5.08. The lowest BCUT2D eigenvalue weighted by atomic mass is 9.79. The maximum absolute atomic E-state index is 3.77. The van der Waals surface area contributed by atoms with E-state index < -0.39 is 0 Å². The summed E-state index contributed by atoms with van der Waals surface area (Å²) in [4.78, 5) is 0. The number of hydrogen-bond donors (Lipinski definition) is 1. The summed E-state index contributed by atoms with van der Waals surface area (Å²) >= 11 is 0. The van der Waals surface area contributed by atoms with Crippen molar-refractivity contribution in [1.82, 2.24) is 0 Å². The highest BCUT2D eigenvalue weighted by Gasteiger charge is 2.24. The maximum atomic E-state index is 3.77. The highest BCUT2D eigenvalue weighted by atomic mass is 14.9. The van der Waals surface area contributed by atoms with Gasteiger partial charge >= 0.3 is 0 Å². The molecule has 19 heavy (non-hydrogen) atoms. The van der Waals surface area contributed by atoms with Gasteiger partial charge in [-0.25, -0.2) is 0 Å². The Hall–Kier alpha value is -1.50. The zero-order valence-corrected chi connectivity index (χ0v) is 11.9. The monoisotopic (exact) mass is 253 g/mol. The van der Waals surface area contributed by atoms with Crippen molar-refractivity contribution >= 4 is 16.5 Å². The molecule has 0 aliphatic heterocycles. The Morgan fingerprint density at radius 1 is 0.895 bits per heavy atom. The van der Waals surface area contributed by atoms with Crippen LogP contribution in [-0.4, -0.2) is 6.04 Å². The van der Waals surface area contributed by atoms with Gasteiger partial charge in [0.1, 0.15) is 0 Å². The van der Waals surface area contributed by atoms with Crippen LogP contribution in [0.5, 0.6) is 0 Å². The van der Waals surface area contributed by atoms with Crippen LogP contribution in [0, 0.1) is 11.8 Å². The standard InChI is InChI=1S/C18H23N/c1-13-10-11-16(12-14(13)2)19-18-9-5-7-15-6-3-4-8-17(15)18/h3-9,13-14,16,19H,10-12H2,1-2H3. The molecule has 0 saturated heterocycles. The lowest BCUT2D eigenvalue weighted by Crippen LogP contribution is -2.30. The summed E-state index contributed by atoms with van der Waals surface area (Å²) in [6.45, 7) is 4.78. The van der Waals surface area contributed by atoms with Gasteiger partial charge < -0.3 is 5.32 Å². The number of rotatable bonds is 2. The molecule has 0 radical (unpaired) electrons. The Balaban J connectivity index is 1.82. The number of hydrogen-bond acceptors (Lipinski definition) is 1. The van der Waals surface area contributed by atoms with Gasteiger partial charge in [0.25, 0.3) is 0 Å². The van der Waals surface area contributed by atoms with Gasteiger partial charge in [-0.2, -0.15) is 0 Å². The Kier molecular flexibility index (Phi) is 3.46. The third kappa shape index (κ3) is 2.60. The molecule has 1 nitrogen and oxygen atoms in total. The molecular formula is C18H23N. The number of fused-ring (bicyclic) bond motifs is 1. The first-order chi connectivity index (χ1) is 9.24. The molecule has 0 heterocycles. The van der Waals surface area contributed by atoms with Crippen molar-refractivity contribution in [3.63, 3.8) is 0 Å². The van der Waals surface area contributed by atoms with Crippen molar-refractivity contribution in [2.75, 3.05) is 5.32 Å². The van der Waals surface area contributed by atoms with Gasteiger partial charge in [-0.05, 0) is 42.6 Å². The smallest absolute Gasteiger partial charge is 0.0422 e. The van der Waals surface area contributed by atoms with E-state index in [0.717, 1.165) is 11.8 Å². The first-order valence-electron chi connectivity index (χ1n) is 7.48. The lowest BCUT2D eigenvalue weighted by molar-refractivity contribution is 0.261. The van der Waals surface area contributed by atoms with Gasteiger partial charge in [0.05, 0.1) is 0 Å². The first kappa shape index (κ1) is 12.5. The molecule has 1 saturated carbocycles. The summed E-state index contributed by atoms with van der Waals surface area (Å²) < 4.78 is 0. The third-order valence-electron chi connectivity index (χ3n) is 4.75. The van der Waals surface area contributed by atoms with Crippen LogP contribution in [-0.2, 0) is 0 Å². The fraction of sp³-hybridized carbons (Fsp3) is 0.444. The molecule has 3 atom stereocenters. The van der Waals surface area contributed by atoms with Gasteiger partial charge in [-0.1, -0.05) is 50.2 Å². The summed E-state index contributed by atoms with van der Waals surface area (Å²) in [5, 5.41) is 6.44. The average molecular weight is 253 g/mol. The van der Waals surface area contributed by atoms with Crippen molar-refractivity contribution < 1.29 is 0 Å². The van der Waals surface area contributed by atoms with Crippen LogP contribution in [0.2, 0.25) is 0 Å². The molecule has 2 aromatic rings. The molecule has 1 aliphatic carbocycles. The topological polar surface area (TPSA) is 12.0 Å². The van der Waals surface area contributed by atoms with Gasteiger partial charge in [0.15, 0.2) is 0 Å². The van der Waals surface area contributed by atoms with E-state index in [1.807, 2.05) is 0 Å². The second-order valence-electron chi connectivity index (χ2n) is 6.14. The Bertz CT molecular complexity index is 555. The number of anilines is 1. The van der Waals surface area contributed by atoms with Crippen molar-refractivity contribution in [3.8, 4) is 0 Å². The molecule has 1 aliphatic rings. The summed E-state index contributed by atoms with van der Waals surface area (Å²) in [5.41, 5.74) is 1.30. The van der Waals surface area contributed by atoms with E-state index in [9.17, 15) is 0 Å². The quantitative estimate of drug-likeness (QED) is 0.787. The molecule has 1 heteroatoms. The van der Waals surface area contributed by atoms with Crippen LogP contribution < -0.4 is 5.32 Å². The maximum Gasteiger partial charge on any atom is 0.0422 e. The zero-order valence-electron chi connectivity index (χ0n) is 11.9. The van der Waals surface area contributed by atoms with Crippen LogP contribution in [0.4, 0.5) is 5.69 Å². The van der Waals surface area contributed by atoms with E-state index in [0.29, 0.717) is 6.04 Å². The number of benzene rings is 2.